The van der Waals surface area contributed by atoms with Crippen LogP contribution in [0.1, 0.15) is 0 Å². The van der Waals surface area contributed by atoms with Gasteiger partial charge < -0.3 is 14.6 Å². The average Bonchev–Trinajstić information content (AvgIpc) is 2.91. The van der Waals surface area contributed by atoms with Gasteiger partial charge >= 0.3 is 0 Å². The zero-order valence-electron chi connectivity index (χ0n) is 10.7. The highest BCUT2D eigenvalue weighted by atomic mass is 35.5. The molecule has 0 fully saturated rings. The van der Waals surface area contributed by atoms with Gasteiger partial charge in [0.15, 0.2) is 6.61 Å². The van der Waals surface area contributed by atoms with Crippen molar-refractivity contribution >= 4 is 29.1 Å². The maximum atomic E-state index is 11.6. The van der Waals surface area contributed by atoms with Crippen molar-refractivity contribution in [2.75, 3.05) is 13.2 Å². The van der Waals surface area contributed by atoms with E-state index in [2.05, 4.69) is 5.32 Å². The molecule has 2 rings (SSSR count). The third-order valence-corrected chi connectivity index (χ3v) is 3.14. The van der Waals surface area contributed by atoms with Crippen molar-refractivity contribution in [3.63, 3.8) is 0 Å². The minimum absolute atomic E-state index is 0.0764. The number of hydrogen-bond acceptors (Lipinski definition) is 2. The summed E-state index contributed by atoms with van der Waals surface area (Å²) >= 11 is 11.7. The van der Waals surface area contributed by atoms with Crippen LogP contribution in [-0.2, 0) is 11.3 Å². The molecule has 0 saturated heterocycles. The molecule has 0 aliphatic carbocycles. The van der Waals surface area contributed by atoms with Crippen molar-refractivity contribution in [1.29, 1.82) is 0 Å². The zero-order valence-corrected chi connectivity index (χ0v) is 12.2. The van der Waals surface area contributed by atoms with E-state index in [1.54, 1.807) is 18.2 Å². The monoisotopic (exact) mass is 312 g/mol. The fourth-order valence-corrected chi connectivity index (χ4v) is 2.09. The van der Waals surface area contributed by atoms with E-state index in [4.69, 9.17) is 27.9 Å². The van der Waals surface area contributed by atoms with Gasteiger partial charge in [0.25, 0.3) is 5.91 Å². The predicted molar refractivity (Wildman–Crippen MR) is 79.4 cm³/mol. The van der Waals surface area contributed by atoms with Crippen LogP contribution in [-0.4, -0.2) is 23.6 Å². The lowest BCUT2D eigenvalue weighted by molar-refractivity contribution is -0.123. The first-order valence-electron chi connectivity index (χ1n) is 6.10. The highest BCUT2D eigenvalue weighted by Gasteiger charge is 2.06. The molecular weight excluding hydrogens is 299 g/mol. The van der Waals surface area contributed by atoms with Crippen LogP contribution in [0.5, 0.6) is 5.75 Å². The van der Waals surface area contributed by atoms with Gasteiger partial charge in [-0.25, -0.2) is 0 Å². The number of rotatable bonds is 6. The standard InChI is InChI=1S/C14H14Cl2N2O2/c15-11-3-4-13(12(16)9-11)20-10-14(19)17-5-8-18-6-1-2-7-18/h1-4,6-7,9H,5,8,10H2,(H,17,19). The molecule has 4 nitrogen and oxygen atoms in total. The zero-order chi connectivity index (χ0) is 14.4. The lowest BCUT2D eigenvalue weighted by atomic mass is 10.3. The molecule has 0 saturated carbocycles. The number of halogens is 2. The number of ether oxygens (including phenoxy) is 1. The van der Waals surface area contributed by atoms with E-state index in [1.807, 2.05) is 29.1 Å². The Labute approximate surface area is 127 Å². The highest BCUT2D eigenvalue weighted by molar-refractivity contribution is 6.35. The van der Waals surface area contributed by atoms with Crippen LogP contribution in [0, 0.1) is 0 Å². The highest BCUT2D eigenvalue weighted by Crippen LogP contribution is 2.27. The first-order chi connectivity index (χ1) is 9.65. The normalized spacial score (nSPS) is 10.3. The van der Waals surface area contributed by atoms with Crippen molar-refractivity contribution in [3.8, 4) is 5.75 Å². The molecule has 1 heterocycles. The van der Waals surface area contributed by atoms with E-state index in [1.165, 1.54) is 0 Å². The second-order valence-corrected chi connectivity index (χ2v) is 4.98. The van der Waals surface area contributed by atoms with Crippen molar-refractivity contribution in [3.05, 3.63) is 52.8 Å². The molecule has 0 bridgehead atoms. The Bertz CT molecular complexity index is 571. The molecule has 0 spiro atoms. The van der Waals surface area contributed by atoms with Gasteiger partial charge in [0.1, 0.15) is 5.75 Å². The molecule has 2 aromatic rings. The van der Waals surface area contributed by atoms with E-state index in [9.17, 15) is 4.79 Å². The van der Waals surface area contributed by atoms with E-state index >= 15 is 0 Å². The molecule has 0 aliphatic rings. The summed E-state index contributed by atoms with van der Waals surface area (Å²) in [5.74, 6) is 0.250. The fourth-order valence-electron chi connectivity index (χ4n) is 1.63. The van der Waals surface area contributed by atoms with Gasteiger partial charge in [0, 0.05) is 30.5 Å². The molecule has 0 unspecified atom stereocenters. The molecule has 0 atom stereocenters. The first-order valence-corrected chi connectivity index (χ1v) is 6.86. The Balaban J connectivity index is 1.72. The average molecular weight is 313 g/mol. The van der Waals surface area contributed by atoms with Crippen molar-refractivity contribution in [2.24, 2.45) is 0 Å². The van der Waals surface area contributed by atoms with E-state index in [-0.39, 0.29) is 12.5 Å². The Morgan fingerprint density at radius 1 is 1.25 bits per heavy atom. The van der Waals surface area contributed by atoms with Crippen LogP contribution in [0.25, 0.3) is 0 Å². The van der Waals surface area contributed by atoms with E-state index in [0.29, 0.717) is 22.3 Å². The first kappa shape index (κ1) is 14.8. The van der Waals surface area contributed by atoms with Gasteiger partial charge in [-0.15, -0.1) is 0 Å². The van der Waals surface area contributed by atoms with Crippen LogP contribution in [0.3, 0.4) is 0 Å². The largest absolute Gasteiger partial charge is 0.482 e. The number of hydrogen-bond donors (Lipinski definition) is 1. The Morgan fingerprint density at radius 3 is 2.70 bits per heavy atom. The van der Waals surface area contributed by atoms with Gasteiger partial charge in [-0.05, 0) is 30.3 Å². The summed E-state index contributed by atoms with van der Waals surface area (Å²) in [4.78, 5) is 11.6. The summed E-state index contributed by atoms with van der Waals surface area (Å²) in [6.07, 6.45) is 3.88. The molecule has 1 aromatic carbocycles. The van der Waals surface area contributed by atoms with Crippen molar-refractivity contribution < 1.29 is 9.53 Å². The van der Waals surface area contributed by atoms with Crippen LogP contribution in [0.15, 0.2) is 42.7 Å². The summed E-state index contributed by atoms with van der Waals surface area (Å²) in [5, 5.41) is 3.68. The topological polar surface area (TPSA) is 43.3 Å². The third-order valence-electron chi connectivity index (χ3n) is 2.61. The fraction of sp³-hybridized carbons (Fsp3) is 0.214. The van der Waals surface area contributed by atoms with E-state index < -0.39 is 0 Å². The Hall–Kier alpha value is -1.65. The van der Waals surface area contributed by atoms with Crippen molar-refractivity contribution in [1.82, 2.24) is 9.88 Å². The second kappa shape index (κ2) is 7.22. The molecule has 6 heteroatoms. The number of carbonyl (C=O) groups excluding carboxylic acids is 1. The molecule has 1 amide bonds. The molecule has 0 radical (unpaired) electrons. The lowest BCUT2D eigenvalue weighted by Gasteiger charge is -2.09. The van der Waals surface area contributed by atoms with Crippen LogP contribution >= 0.6 is 23.2 Å². The van der Waals surface area contributed by atoms with Gasteiger partial charge in [0.05, 0.1) is 5.02 Å². The quantitative estimate of drug-likeness (QED) is 0.891. The molecule has 0 aliphatic heterocycles. The van der Waals surface area contributed by atoms with Gasteiger partial charge in [0.2, 0.25) is 0 Å². The van der Waals surface area contributed by atoms with Crippen LogP contribution < -0.4 is 10.1 Å². The summed E-state index contributed by atoms with van der Waals surface area (Å²) in [5.41, 5.74) is 0. The number of amides is 1. The number of benzene rings is 1. The number of nitrogens with one attached hydrogen (secondary N) is 1. The molecular formula is C14H14Cl2N2O2. The summed E-state index contributed by atoms with van der Waals surface area (Å²) < 4.78 is 7.32. The Kier molecular flexibility index (Phi) is 5.32. The second-order valence-electron chi connectivity index (χ2n) is 4.13. The predicted octanol–water partition coefficient (Wildman–Crippen LogP) is 2.99. The van der Waals surface area contributed by atoms with Gasteiger partial charge in [-0.3, -0.25) is 4.79 Å². The van der Waals surface area contributed by atoms with Gasteiger partial charge in [-0.1, -0.05) is 23.2 Å². The molecule has 20 heavy (non-hydrogen) atoms. The number of nitrogens with zero attached hydrogens (tertiary/aromatic N) is 1. The molecule has 106 valence electrons. The maximum absolute atomic E-state index is 11.6. The summed E-state index contributed by atoms with van der Waals surface area (Å²) in [7, 11) is 0. The van der Waals surface area contributed by atoms with Crippen molar-refractivity contribution in [2.45, 2.75) is 6.54 Å². The third kappa shape index (κ3) is 4.47. The lowest BCUT2D eigenvalue weighted by Crippen LogP contribution is -2.31. The van der Waals surface area contributed by atoms with Crippen LogP contribution in [0.4, 0.5) is 0 Å². The Morgan fingerprint density at radius 2 is 2.00 bits per heavy atom. The van der Waals surface area contributed by atoms with E-state index in [0.717, 1.165) is 6.54 Å². The molecule has 1 aromatic heterocycles. The smallest absolute Gasteiger partial charge is 0.258 e. The SMILES string of the molecule is O=C(COc1ccc(Cl)cc1Cl)NCCn1cccc1. The minimum Gasteiger partial charge on any atom is -0.482 e. The summed E-state index contributed by atoms with van der Waals surface area (Å²) in [6, 6.07) is 8.74. The number of aromatic nitrogens is 1. The van der Waals surface area contributed by atoms with Crippen LogP contribution in [0.2, 0.25) is 10.0 Å². The number of carbonyl (C=O) groups is 1. The molecule has 1 N–H and O–H groups in total. The minimum atomic E-state index is -0.192. The summed E-state index contributed by atoms with van der Waals surface area (Å²) in [6.45, 7) is 1.19. The maximum Gasteiger partial charge on any atom is 0.258 e. The van der Waals surface area contributed by atoms with Gasteiger partial charge in [-0.2, -0.15) is 0 Å².